The summed E-state index contributed by atoms with van der Waals surface area (Å²) < 4.78 is 16.4. The molecule has 0 aromatic heterocycles. The number of hydrogen-bond acceptors (Lipinski definition) is 5. The van der Waals surface area contributed by atoms with Crippen LogP contribution in [-0.2, 0) is 9.59 Å². The fourth-order valence-corrected chi connectivity index (χ4v) is 3.72. The number of piperazine rings is 1. The Morgan fingerprint density at radius 3 is 1.50 bits per heavy atom. The molecule has 0 radical (unpaired) electrons. The molecule has 7 nitrogen and oxygen atoms in total. The molecular weight excluding hydrogens is 432 g/mol. The summed E-state index contributed by atoms with van der Waals surface area (Å²) in [7, 11) is 1.60. The molecule has 1 heterocycles. The molecule has 0 atom stereocenters. The SMILES string of the molecule is COc1ccc(OCC(=O)N2CCN(C(=O)COc3ccc(-c4ccccc4)cc3)CC2)cc1. The minimum Gasteiger partial charge on any atom is -0.497 e. The van der Waals surface area contributed by atoms with Gasteiger partial charge >= 0.3 is 0 Å². The van der Waals surface area contributed by atoms with E-state index in [4.69, 9.17) is 14.2 Å². The molecule has 1 saturated heterocycles. The topological polar surface area (TPSA) is 68.3 Å². The van der Waals surface area contributed by atoms with E-state index in [1.165, 1.54) is 0 Å². The van der Waals surface area contributed by atoms with Gasteiger partial charge in [0.2, 0.25) is 0 Å². The van der Waals surface area contributed by atoms with E-state index < -0.39 is 0 Å². The quantitative estimate of drug-likeness (QED) is 0.515. The zero-order valence-corrected chi connectivity index (χ0v) is 19.2. The van der Waals surface area contributed by atoms with Gasteiger partial charge in [0.25, 0.3) is 11.8 Å². The van der Waals surface area contributed by atoms with Gasteiger partial charge in [-0.05, 0) is 47.5 Å². The average molecular weight is 461 g/mol. The van der Waals surface area contributed by atoms with Gasteiger partial charge < -0.3 is 24.0 Å². The van der Waals surface area contributed by atoms with Gasteiger partial charge in [0.05, 0.1) is 7.11 Å². The van der Waals surface area contributed by atoms with Crippen LogP contribution in [0.15, 0.2) is 78.9 Å². The molecule has 1 aliphatic heterocycles. The summed E-state index contributed by atoms with van der Waals surface area (Å²) in [6, 6.07) is 24.9. The number of ether oxygens (including phenoxy) is 3. The van der Waals surface area contributed by atoms with Gasteiger partial charge in [0, 0.05) is 26.2 Å². The van der Waals surface area contributed by atoms with Crippen molar-refractivity contribution < 1.29 is 23.8 Å². The highest BCUT2D eigenvalue weighted by molar-refractivity contribution is 5.80. The van der Waals surface area contributed by atoms with Gasteiger partial charge in [0.1, 0.15) is 17.2 Å². The molecule has 0 saturated carbocycles. The molecule has 1 fully saturated rings. The largest absolute Gasteiger partial charge is 0.497 e. The molecule has 0 N–H and O–H groups in total. The van der Waals surface area contributed by atoms with Gasteiger partial charge in [-0.1, -0.05) is 42.5 Å². The Bertz CT molecular complexity index is 1080. The van der Waals surface area contributed by atoms with E-state index in [2.05, 4.69) is 12.1 Å². The Morgan fingerprint density at radius 1 is 0.618 bits per heavy atom. The van der Waals surface area contributed by atoms with Crippen molar-refractivity contribution in [1.29, 1.82) is 0 Å². The van der Waals surface area contributed by atoms with Crippen LogP contribution >= 0.6 is 0 Å². The molecule has 0 spiro atoms. The third-order valence-corrected chi connectivity index (χ3v) is 5.73. The predicted molar refractivity (Wildman–Crippen MR) is 129 cm³/mol. The van der Waals surface area contributed by atoms with Gasteiger partial charge in [0.15, 0.2) is 13.2 Å². The predicted octanol–water partition coefficient (Wildman–Crippen LogP) is 3.49. The third kappa shape index (κ3) is 6.07. The molecule has 34 heavy (non-hydrogen) atoms. The van der Waals surface area contributed by atoms with Crippen LogP contribution in [0.1, 0.15) is 0 Å². The summed E-state index contributed by atoms with van der Waals surface area (Å²) >= 11 is 0. The second-order valence-corrected chi connectivity index (χ2v) is 7.90. The number of hydrogen-bond donors (Lipinski definition) is 0. The minimum atomic E-state index is -0.0994. The number of benzene rings is 3. The standard InChI is InChI=1S/C27H28N2O5/c1-32-23-11-13-25(14-12-23)34-20-27(31)29-17-15-28(16-18-29)26(30)19-33-24-9-7-22(8-10-24)21-5-3-2-4-6-21/h2-14H,15-20H2,1H3. The fourth-order valence-electron chi connectivity index (χ4n) is 3.72. The molecule has 0 aliphatic carbocycles. The number of nitrogens with zero attached hydrogens (tertiary/aromatic N) is 2. The van der Waals surface area contributed by atoms with Crippen LogP contribution in [0.3, 0.4) is 0 Å². The summed E-state index contributed by atoms with van der Waals surface area (Å²) in [5, 5.41) is 0. The van der Waals surface area contributed by atoms with E-state index in [0.717, 1.165) is 16.9 Å². The van der Waals surface area contributed by atoms with Crippen LogP contribution in [0.2, 0.25) is 0 Å². The van der Waals surface area contributed by atoms with Crippen LogP contribution in [0.5, 0.6) is 17.2 Å². The van der Waals surface area contributed by atoms with E-state index in [1.807, 2.05) is 42.5 Å². The Labute approximate surface area is 199 Å². The van der Waals surface area contributed by atoms with Crippen LogP contribution in [0.25, 0.3) is 11.1 Å². The zero-order valence-electron chi connectivity index (χ0n) is 19.2. The number of carbonyl (C=O) groups is 2. The fraction of sp³-hybridized carbons (Fsp3) is 0.259. The maximum absolute atomic E-state index is 12.6. The molecule has 0 bridgehead atoms. The van der Waals surface area contributed by atoms with Gasteiger partial charge in [-0.25, -0.2) is 0 Å². The summed E-state index contributed by atoms with van der Waals surface area (Å²) in [6.07, 6.45) is 0. The lowest BCUT2D eigenvalue weighted by Crippen LogP contribution is -2.52. The highest BCUT2D eigenvalue weighted by Crippen LogP contribution is 2.22. The first-order valence-corrected chi connectivity index (χ1v) is 11.2. The van der Waals surface area contributed by atoms with E-state index in [9.17, 15) is 9.59 Å². The molecule has 1 aliphatic rings. The number of amides is 2. The Morgan fingerprint density at radius 2 is 1.03 bits per heavy atom. The summed E-state index contributed by atoms with van der Waals surface area (Å²) in [6.45, 7) is 1.83. The minimum absolute atomic E-state index is 0.0286. The summed E-state index contributed by atoms with van der Waals surface area (Å²) in [4.78, 5) is 28.5. The zero-order chi connectivity index (χ0) is 23.8. The van der Waals surface area contributed by atoms with E-state index in [-0.39, 0.29) is 25.0 Å². The van der Waals surface area contributed by atoms with Crippen molar-refractivity contribution in [2.75, 3.05) is 46.5 Å². The monoisotopic (exact) mass is 460 g/mol. The van der Waals surface area contributed by atoms with Gasteiger partial charge in [-0.2, -0.15) is 0 Å². The van der Waals surface area contributed by atoms with E-state index in [1.54, 1.807) is 41.2 Å². The van der Waals surface area contributed by atoms with Gasteiger partial charge in [-0.15, -0.1) is 0 Å². The molecule has 4 rings (SSSR count). The molecule has 0 unspecified atom stereocenters. The highest BCUT2D eigenvalue weighted by Gasteiger charge is 2.24. The van der Waals surface area contributed by atoms with Crippen molar-refractivity contribution in [2.45, 2.75) is 0 Å². The third-order valence-electron chi connectivity index (χ3n) is 5.73. The highest BCUT2D eigenvalue weighted by atomic mass is 16.5. The van der Waals surface area contributed by atoms with Crippen molar-refractivity contribution in [3.8, 4) is 28.4 Å². The summed E-state index contributed by atoms with van der Waals surface area (Å²) in [5.74, 6) is 1.80. The lowest BCUT2D eigenvalue weighted by atomic mass is 10.1. The van der Waals surface area contributed by atoms with E-state index >= 15 is 0 Å². The molecule has 3 aromatic rings. The van der Waals surface area contributed by atoms with E-state index in [0.29, 0.717) is 37.7 Å². The van der Waals surface area contributed by atoms with Crippen molar-refractivity contribution >= 4 is 11.8 Å². The van der Waals surface area contributed by atoms with Crippen LogP contribution in [-0.4, -0.2) is 68.1 Å². The molecule has 2 amide bonds. The molecule has 7 heteroatoms. The van der Waals surface area contributed by atoms with Crippen LogP contribution in [0.4, 0.5) is 0 Å². The maximum Gasteiger partial charge on any atom is 0.260 e. The lowest BCUT2D eigenvalue weighted by Gasteiger charge is -2.34. The lowest BCUT2D eigenvalue weighted by molar-refractivity contribution is -0.141. The normalized spacial score (nSPS) is 13.3. The van der Waals surface area contributed by atoms with Crippen molar-refractivity contribution in [3.05, 3.63) is 78.9 Å². The molecular formula is C27H28N2O5. The van der Waals surface area contributed by atoms with Crippen molar-refractivity contribution in [3.63, 3.8) is 0 Å². The van der Waals surface area contributed by atoms with Crippen LogP contribution in [0, 0.1) is 0 Å². The second kappa shape index (κ2) is 11.2. The average Bonchev–Trinajstić information content (AvgIpc) is 2.91. The Kier molecular flexibility index (Phi) is 7.65. The van der Waals surface area contributed by atoms with Crippen LogP contribution < -0.4 is 14.2 Å². The van der Waals surface area contributed by atoms with Gasteiger partial charge in [-0.3, -0.25) is 9.59 Å². The molecule has 176 valence electrons. The number of carbonyl (C=O) groups excluding carboxylic acids is 2. The Hall–Kier alpha value is -4.00. The number of rotatable bonds is 8. The smallest absolute Gasteiger partial charge is 0.260 e. The van der Waals surface area contributed by atoms with Crippen molar-refractivity contribution in [2.24, 2.45) is 0 Å². The Balaban J connectivity index is 1.18. The number of methoxy groups -OCH3 is 1. The maximum atomic E-state index is 12.6. The summed E-state index contributed by atoms with van der Waals surface area (Å²) in [5.41, 5.74) is 2.22. The first-order valence-electron chi connectivity index (χ1n) is 11.2. The second-order valence-electron chi connectivity index (χ2n) is 7.90. The molecule has 3 aromatic carbocycles. The first-order chi connectivity index (χ1) is 16.6. The van der Waals surface area contributed by atoms with Crippen molar-refractivity contribution in [1.82, 2.24) is 9.80 Å². The first kappa shape index (κ1) is 23.2.